The first kappa shape index (κ1) is 21.6. The Morgan fingerprint density at radius 2 is 1.88 bits per heavy atom. The van der Waals surface area contributed by atoms with E-state index in [1.54, 1.807) is 0 Å². The first-order chi connectivity index (χ1) is 16.2. The van der Waals surface area contributed by atoms with E-state index in [2.05, 4.69) is 37.2 Å². The molecule has 7 heteroatoms. The van der Waals surface area contributed by atoms with Crippen LogP contribution in [0.15, 0.2) is 54.6 Å². The summed E-state index contributed by atoms with van der Waals surface area (Å²) in [6, 6.07) is 18.6. The minimum absolute atomic E-state index is 0.0388. The van der Waals surface area contributed by atoms with Crippen molar-refractivity contribution in [3.63, 3.8) is 0 Å². The average molecular weight is 446 g/mol. The van der Waals surface area contributed by atoms with Crippen LogP contribution >= 0.6 is 0 Å². The summed E-state index contributed by atoms with van der Waals surface area (Å²) in [5.41, 5.74) is 3.13. The molecule has 0 aliphatic carbocycles. The normalized spacial score (nSPS) is 21.2. The van der Waals surface area contributed by atoms with Crippen molar-refractivity contribution < 1.29 is 9.59 Å². The van der Waals surface area contributed by atoms with Gasteiger partial charge < -0.3 is 15.2 Å². The molecule has 2 N–H and O–H groups in total. The number of carbonyl (C=O) groups excluding carboxylic acids is 2. The number of fused-ring (bicyclic) bond motifs is 2. The molecule has 3 heterocycles. The molecule has 1 aromatic heterocycles. The molecule has 0 radical (unpaired) electrons. The minimum Gasteiger partial charge on any atom is -0.355 e. The van der Waals surface area contributed by atoms with E-state index in [4.69, 9.17) is 0 Å². The Morgan fingerprint density at radius 1 is 1.06 bits per heavy atom. The Bertz CT molecular complexity index is 1080. The van der Waals surface area contributed by atoms with Gasteiger partial charge in [0.2, 0.25) is 11.8 Å². The van der Waals surface area contributed by atoms with Gasteiger partial charge in [0.1, 0.15) is 5.82 Å². The smallest absolute Gasteiger partial charge is 0.234 e. The maximum Gasteiger partial charge on any atom is 0.234 e. The van der Waals surface area contributed by atoms with Gasteiger partial charge in [-0.25, -0.2) is 4.98 Å². The molecule has 0 spiro atoms. The second kappa shape index (κ2) is 9.75. The van der Waals surface area contributed by atoms with E-state index in [1.165, 1.54) is 0 Å². The van der Waals surface area contributed by atoms with Gasteiger partial charge in [-0.3, -0.25) is 14.5 Å². The van der Waals surface area contributed by atoms with Crippen LogP contribution in [0.25, 0.3) is 11.0 Å². The molecule has 2 aliphatic rings. The number of hydrogen-bond donors (Lipinski definition) is 2. The van der Waals surface area contributed by atoms with E-state index in [-0.39, 0.29) is 23.9 Å². The minimum atomic E-state index is 0.0388. The zero-order valence-corrected chi connectivity index (χ0v) is 18.9. The number of hydrogen-bond acceptors (Lipinski definition) is 4. The first-order valence-corrected chi connectivity index (χ1v) is 11.9. The highest BCUT2D eigenvalue weighted by atomic mass is 16.2. The highest BCUT2D eigenvalue weighted by Gasteiger charge is 2.41. The number of rotatable bonds is 7. The molecule has 7 nitrogen and oxygen atoms in total. The Balaban J connectivity index is 1.16. The second-order valence-corrected chi connectivity index (χ2v) is 9.09. The zero-order valence-electron chi connectivity index (χ0n) is 18.9. The predicted molar refractivity (Wildman–Crippen MR) is 127 cm³/mol. The lowest BCUT2D eigenvalue weighted by molar-refractivity contribution is -0.133. The monoisotopic (exact) mass is 445 g/mol. The number of amides is 2. The Hall–Kier alpha value is -3.19. The van der Waals surface area contributed by atoms with Crippen molar-refractivity contribution in [3.8, 4) is 0 Å². The molecule has 172 valence electrons. The summed E-state index contributed by atoms with van der Waals surface area (Å²) in [6.45, 7) is 2.44. The molecule has 2 aliphatic heterocycles. The van der Waals surface area contributed by atoms with Crippen LogP contribution in [0.1, 0.15) is 37.1 Å². The molecule has 0 unspecified atom stereocenters. The molecule has 0 saturated carbocycles. The lowest BCUT2D eigenvalue weighted by atomic mass is 10.0. The number of carbonyl (C=O) groups is 2. The van der Waals surface area contributed by atoms with E-state index in [0.717, 1.165) is 48.2 Å². The number of H-pyrrole nitrogens is 1. The van der Waals surface area contributed by atoms with Crippen molar-refractivity contribution in [2.75, 3.05) is 19.6 Å². The number of aromatic nitrogens is 2. The maximum atomic E-state index is 12.9. The third-order valence-corrected chi connectivity index (χ3v) is 6.90. The van der Waals surface area contributed by atoms with Crippen LogP contribution < -0.4 is 5.32 Å². The number of nitrogens with one attached hydrogen (secondary N) is 2. The van der Waals surface area contributed by atoms with Crippen molar-refractivity contribution in [2.45, 2.75) is 50.7 Å². The van der Waals surface area contributed by atoms with Crippen LogP contribution in [-0.2, 0) is 22.6 Å². The number of nitrogens with zero attached hydrogens (tertiary/aromatic N) is 3. The summed E-state index contributed by atoms with van der Waals surface area (Å²) < 4.78 is 0. The number of benzene rings is 2. The number of imidazole rings is 1. The summed E-state index contributed by atoms with van der Waals surface area (Å²) in [5, 5.41) is 3.05. The number of aromatic amines is 1. The van der Waals surface area contributed by atoms with Gasteiger partial charge in [-0.15, -0.1) is 0 Å². The fourth-order valence-corrected chi connectivity index (χ4v) is 5.30. The van der Waals surface area contributed by atoms with Crippen LogP contribution in [0.2, 0.25) is 0 Å². The van der Waals surface area contributed by atoms with Gasteiger partial charge in [0.25, 0.3) is 0 Å². The number of para-hydroxylation sites is 2. The second-order valence-electron chi connectivity index (χ2n) is 9.09. The molecule has 2 aromatic carbocycles. The van der Waals surface area contributed by atoms with Crippen molar-refractivity contribution in [3.05, 3.63) is 66.0 Å². The van der Waals surface area contributed by atoms with Crippen molar-refractivity contribution in [2.24, 2.45) is 0 Å². The average Bonchev–Trinajstić information content (AvgIpc) is 3.37. The molecule has 0 bridgehead atoms. The van der Waals surface area contributed by atoms with Crippen LogP contribution in [0.3, 0.4) is 0 Å². The Labute approximate surface area is 194 Å². The van der Waals surface area contributed by atoms with Crippen LogP contribution in [0.5, 0.6) is 0 Å². The highest BCUT2D eigenvalue weighted by Crippen LogP contribution is 2.31. The van der Waals surface area contributed by atoms with Gasteiger partial charge >= 0.3 is 0 Å². The van der Waals surface area contributed by atoms with E-state index < -0.39 is 0 Å². The molecule has 2 atom stereocenters. The Morgan fingerprint density at radius 3 is 2.73 bits per heavy atom. The van der Waals surface area contributed by atoms with E-state index >= 15 is 0 Å². The molecule has 33 heavy (non-hydrogen) atoms. The maximum absolute atomic E-state index is 12.9. The van der Waals surface area contributed by atoms with Crippen LogP contribution in [0.4, 0.5) is 0 Å². The zero-order chi connectivity index (χ0) is 22.6. The van der Waals surface area contributed by atoms with Gasteiger partial charge in [-0.2, -0.15) is 0 Å². The third kappa shape index (κ3) is 4.93. The lowest BCUT2D eigenvalue weighted by Gasteiger charge is -2.33. The molecular formula is C26H31N5O2. The molecule has 2 saturated heterocycles. The Kier molecular flexibility index (Phi) is 6.39. The summed E-state index contributed by atoms with van der Waals surface area (Å²) in [6.07, 6.45) is 4.04. The van der Waals surface area contributed by atoms with E-state index in [9.17, 15) is 9.59 Å². The molecule has 3 aromatic rings. The standard InChI is InChI=1S/C26H31N5O2/c32-25(27-15-13-24-28-20-9-4-5-10-21(20)29-24)18-30-16-14-23-22(30)11-6-12-26(33)31(23)17-19-7-2-1-3-8-19/h1-5,7-10,22-23H,6,11-18H2,(H,27,32)(H,28,29)/t22-,23-/m0/s1. The van der Waals surface area contributed by atoms with Gasteiger partial charge in [-0.1, -0.05) is 42.5 Å². The lowest BCUT2D eigenvalue weighted by Crippen LogP contribution is -2.47. The van der Waals surface area contributed by atoms with Crippen LogP contribution in [0, 0.1) is 0 Å². The molecule has 2 fully saturated rings. The predicted octanol–water partition coefficient (Wildman–Crippen LogP) is 2.88. The van der Waals surface area contributed by atoms with Gasteiger partial charge in [-0.05, 0) is 37.0 Å². The van der Waals surface area contributed by atoms with Crippen molar-refractivity contribution >= 4 is 22.8 Å². The van der Waals surface area contributed by atoms with Gasteiger partial charge in [0.15, 0.2) is 0 Å². The first-order valence-electron chi connectivity index (χ1n) is 11.9. The summed E-state index contributed by atoms with van der Waals surface area (Å²) in [5.74, 6) is 1.16. The van der Waals surface area contributed by atoms with Gasteiger partial charge in [0, 0.05) is 44.6 Å². The molecular weight excluding hydrogens is 414 g/mol. The van der Waals surface area contributed by atoms with Crippen molar-refractivity contribution in [1.29, 1.82) is 0 Å². The molecule has 5 rings (SSSR count). The van der Waals surface area contributed by atoms with Crippen LogP contribution in [-0.4, -0.2) is 63.3 Å². The quantitative estimate of drug-likeness (QED) is 0.586. The number of likely N-dealkylation sites (tertiary alicyclic amines) is 2. The van der Waals surface area contributed by atoms with Crippen molar-refractivity contribution in [1.82, 2.24) is 25.1 Å². The summed E-state index contributed by atoms with van der Waals surface area (Å²) in [4.78, 5) is 37.8. The molecule has 2 amide bonds. The highest BCUT2D eigenvalue weighted by molar-refractivity contribution is 5.79. The third-order valence-electron chi connectivity index (χ3n) is 6.90. The SMILES string of the molecule is O=C(CN1CC[C@H]2[C@@H]1CCCC(=O)N2Cc1ccccc1)NCCc1nc2ccccc2[nH]1. The van der Waals surface area contributed by atoms with Gasteiger partial charge in [0.05, 0.1) is 17.6 Å². The largest absolute Gasteiger partial charge is 0.355 e. The fraction of sp³-hybridized carbons (Fsp3) is 0.423. The van der Waals surface area contributed by atoms with E-state index in [1.807, 2.05) is 42.5 Å². The summed E-state index contributed by atoms with van der Waals surface area (Å²) >= 11 is 0. The van der Waals surface area contributed by atoms with E-state index in [0.29, 0.717) is 32.5 Å². The topological polar surface area (TPSA) is 81.3 Å². The fourth-order valence-electron chi connectivity index (χ4n) is 5.30. The summed E-state index contributed by atoms with van der Waals surface area (Å²) in [7, 11) is 0.